The Balaban J connectivity index is 0.000000410. The Kier molecular flexibility index (Phi) is 12.4. The molecule has 3 aromatic rings. The van der Waals surface area contributed by atoms with Gasteiger partial charge in [0.15, 0.2) is 0 Å². The number of nitrogens with one attached hydrogen (secondary N) is 1. The number of hydrogen-bond acceptors (Lipinski definition) is 5. The Hall–Kier alpha value is -3.12. The number of hydrogen-bond donors (Lipinski definition) is 1. The van der Waals surface area contributed by atoms with E-state index in [0.717, 1.165) is 35.5 Å². The molecule has 0 aliphatic carbocycles. The van der Waals surface area contributed by atoms with Gasteiger partial charge in [-0.2, -0.15) is 5.21 Å². The van der Waals surface area contributed by atoms with Crippen LogP contribution in [0.25, 0.3) is 22.5 Å². The number of aryl methyl sites for hydroxylation is 1. The Morgan fingerprint density at radius 3 is 2.14 bits per heavy atom. The second-order valence-corrected chi connectivity index (χ2v) is 10.9. The fourth-order valence-electron chi connectivity index (χ4n) is 4.30. The third-order valence-electron chi connectivity index (χ3n) is 5.74. The Bertz CT molecular complexity index is 1170. The zero-order valence-electron chi connectivity index (χ0n) is 23.7. The predicted octanol–water partition coefficient (Wildman–Crippen LogP) is 8.25. The first kappa shape index (κ1) is 30.1. The molecule has 198 valence electrons. The van der Waals surface area contributed by atoms with Crippen LogP contribution in [0.1, 0.15) is 60.5 Å². The first-order chi connectivity index (χ1) is 17.7. The smallest absolute Gasteiger partial charge is 0.205 e. The molecule has 1 aromatic heterocycles. The zero-order valence-corrected chi connectivity index (χ0v) is 24.6. The highest BCUT2D eigenvalue weighted by molar-refractivity contribution is 7.80. The van der Waals surface area contributed by atoms with Crippen molar-refractivity contribution in [2.24, 2.45) is 11.8 Å². The van der Waals surface area contributed by atoms with Crippen LogP contribution in [-0.2, 0) is 0 Å². The maximum atomic E-state index is 4.98. The van der Waals surface area contributed by atoms with Crippen LogP contribution in [0, 0.1) is 18.8 Å². The number of tetrazole rings is 1. The summed E-state index contributed by atoms with van der Waals surface area (Å²) in [6, 6.07) is 14.9. The Morgan fingerprint density at radius 2 is 1.65 bits per heavy atom. The summed E-state index contributed by atoms with van der Waals surface area (Å²) in [5, 5.41) is 14.5. The SMILES string of the molecule is C/C=C\C(=C/C)CC(C)=S.Cc1cc(-c2ccccc2-c2nn[nH]n2)ccc1N(CC(C)C)CC(C)C. The molecule has 1 N–H and O–H groups in total. The minimum atomic E-state index is 0.619. The lowest BCUT2D eigenvalue weighted by molar-refractivity contribution is 0.552. The largest absolute Gasteiger partial charge is 0.371 e. The van der Waals surface area contributed by atoms with E-state index >= 15 is 0 Å². The molecule has 0 aliphatic heterocycles. The van der Waals surface area contributed by atoms with Crippen LogP contribution < -0.4 is 4.90 Å². The number of benzene rings is 2. The fourth-order valence-corrected chi connectivity index (χ4v) is 4.46. The first-order valence-electron chi connectivity index (χ1n) is 13.1. The van der Waals surface area contributed by atoms with Gasteiger partial charge >= 0.3 is 0 Å². The van der Waals surface area contributed by atoms with Crippen molar-refractivity contribution < 1.29 is 0 Å². The minimum Gasteiger partial charge on any atom is -0.371 e. The van der Waals surface area contributed by atoms with E-state index in [9.17, 15) is 0 Å². The number of aromatic amines is 1. The van der Waals surface area contributed by atoms with Crippen LogP contribution in [0.4, 0.5) is 5.69 Å². The molecule has 3 rings (SSSR count). The summed E-state index contributed by atoms with van der Waals surface area (Å²) in [4.78, 5) is 3.56. The molecule has 5 nitrogen and oxygen atoms in total. The van der Waals surface area contributed by atoms with E-state index in [1.807, 2.05) is 45.0 Å². The predicted molar refractivity (Wildman–Crippen MR) is 163 cm³/mol. The lowest BCUT2D eigenvalue weighted by Crippen LogP contribution is -2.31. The zero-order chi connectivity index (χ0) is 27.4. The van der Waals surface area contributed by atoms with Crippen molar-refractivity contribution >= 4 is 22.8 Å². The summed E-state index contributed by atoms with van der Waals surface area (Å²) < 4.78 is 0. The number of anilines is 1. The average Bonchev–Trinajstić information content (AvgIpc) is 3.38. The molecule has 1 heterocycles. The monoisotopic (exact) mass is 517 g/mol. The molecular formula is C31H43N5S. The van der Waals surface area contributed by atoms with Gasteiger partial charge in [-0.05, 0) is 84.0 Å². The van der Waals surface area contributed by atoms with Gasteiger partial charge in [-0.25, -0.2) is 0 Å². The number of rotatable bonds is 10. The van der Waals surface area contributed by atoms with E-state index in [-0.39, 0.29) is 0 Å². The summed E-state index contributed by atoms with van der Waals surface area (Å²) in [6.07, 6.45) is 7.15. The van der Waals surface area contributed by atoms with E-state index in [1.165, 1.54) is 22.4 Å². The Morgan fingerprint density at radius 1 is 1.00 bits per heavy atom. The average molecular weight is 518 g/mol. The molecule has 0 spiro atoms. The van der Waals surface area contributed by atoms with Crippen molar-refractivity contribution in [3.63, 3.8) is 0 Å². The van der Waals surface area contributed by atoms with E-state index in [0.29, 0.717) is 17.7 Å². The first-order valence-corrected chi connectivity index (χ1v) is 13.5. The van der Waals surface area contributed by atoms with Crippen molar-refractivity contribution in [2.75, 3.05) is 18.0 Å². The maximum absolute atomic E-state index is 4.98. The van der Waals surface area contributed by atoms with Gasteiger partial charge < -0.3 is 4.90 Å². The van der Waals surface area contributed by atoms with E-state index in [2.05, 4.69) is 96.6 Å². The lowest BCUT2D eigenvalue weighted by atomic mass is 9.96. The quantitative estimate of drug-likeness (QED) is 0.217. The van der Waals surface area contributed by atoms with Crippen molar-refractivity contribution in [3.8, 4) is 22.5 Å². The standard InChI is InChI=1S/C22H29N5.C9H14S/c1-15(2)13-27(14-16(3)4)21-11-10-18(12-17(21)5)19-8-6-7-9-20(19)22-23-25-26-24-22;1-4-6-9(5-2)7-8(3)10/h6-12,15-16H,13-14H2,1-5H3,(H,23,24,25,26);4-6H,7H2,1-3H3/b;6-4-,9-5+. The highest BCUT2D eigenvalue weighted by atomic mass is 32.1. The van der Waals surface area contributed by atoms with Crippen LogP contribution in [0.3, 0.4) is 0 Å². The molecule has 0 radical (unpaired) electrons. The molecule has 0 fully saturated rings. The summed E-state index contributed by atoms with van der Waals surface area (Å²) >= 11 is 4.98. The van der Waals surface area contributed by atoms with Gasteiger partial charge in [0.05, 0.1) is 0 Å². The summed E-state index contributed by atoms with van der Waals surface area (Å²) in [6.45, 7) is 19.5. The fraction of sp³-hybridized carbons (Fsp3) is 0.419. The molecule has 6 heteroatoms. The van der Waals surface area contributed by atoms with E-state index in [4.69, 9.17) is 12.2 Å². The molecule has 37 heavy (non-hydrogen) atoms. The molecule has 0 aliphatic rings. The van der Waals surface area contributed by atoms with Crippen molar-refractivity contribution in [2.45, 2.75) is 61.8 Å². The van der Waals surface area contributed by atoms with Crippen LogP contribution in [0.5, 0.6) is 0 Å². The molecule has 0 saturated heterocycles. The van der Waals surface area contributed by atoms with Crippen LogP contribution >= 0.6 is 12.2 Å². The van der Waals surface area contributed by atoms with E-state index in [1.54, 1.807) is 0 Å². The summed E-state index contributed by atoms with van der Waals surface area (Å²) in [5.41, 5.74) is 7.18. The van der Waals surface area contributed by atoms with Crippen LogP contribution in [0.15, 0.2) is 66.3 Å². The van der Waals surface area contributed by atoms with Gasteiger partial charge in [0.1, 0.15) is 0 Å². The molecule has 0 saturated carbocycles. The highest BCUT2D eigenvalue weighted by Gasteiger charge is 2.15. The minimum absolute atomic E-state index is 0.619. The number of allylic oxidation sites excluding steroid dienone is 4. The third-order valence-corrected chi connectivity index (χ3v) is 5.88. The number of thiocarbonyl (C=S) groups is 1. The van der Waals surface area contributed by atoms with Gasteiger partial charge in [0.2, 0.25) is 5.82 Å². The number of nitrogens with zero attached hydrogens (tertiary/aromatic N) is 4. The van der Waals surface area contributed by atoms with Crippen molar-refractivity contribution in [1.82, 2.24) is 20.6 Å². The van der Waals surface area contributed by atoms with Crippen LogP contribution in [-0.4, -0.2) is 38.6 Å². The number of aromatic nitrogens is 4. The van der Waals surface area contributed by atoms with Crippen molar-refractivity contribution in [3.05, 3.63) is 71.8 Å². The third kappa shape index (κ3) is 9.69. The van der Waals surface area contributed by atoms with Gasteiger partial charge in [-0.15, -0.1) is 10.2 Å². The second-order valence-electron chi connectivity index (χ2n) is 10.2. The van der Waals surface area contributed by atoms with Gasteiger partial charge in [-0.3, -0.25) is 0 Å². The molecule has 0 unspecified atom stereocenters. The molecule has 2 aromatic carbocycles. The number of H-pyrrole nitrogens is 1. The topological polar surface area (TPSA) is 57.7 Å². The van der Waals surface area contributed by atoms with Gasteiger partial charge in [0.25, 0.3) is 0 Å². The maximum Gasteiger partial charge on any atom is 0.205 e. The summed E-state index contributed by atoms with van der Waals surface area (Å²) in [7, 11) is 0. The van der Waals surface area contributed by atoms with Gasteiger partial charge in [0, 0.05) is 30.8 Å². The summed E-state index contributed by atoms with van der Waals surface area (Å²) in [5.74, 6) is 1.87. The van der Waals surface area contributed by atoms with Crippen LogP contribution in [0.2, 0.25) is 0 Å². The second kappa shape index (κ2) is 15.2. The highest BCUT2D eigenvalue weighted by Crippen LogP contribution is 2.33. The molecule has 0 amide bonds. The molecule has 0 bridgehead atoms. The molecule has 0 atom stereocenters. The van der Waals surface area contributed by atoms with E-state index < -0.39 is 0 Å². The van der Waals surface area contributed by atoms with Crippen molar-refractivity contribution in [1.29, 1.82) is 0 Å². The van der Waals surface area contributed by atoms with Gasteiger partial charge in [-0.1, -0.05) is 88.5 Å². The Labute approximate surface area is 229 Å². The normalized spacial score (nSPS) is 11.7. The molecular weight excluding hydrogens is 474 g/mol. The lowest BCUT2D eigenvalue weighted by Gasteiger charge is -2.30.